The first-order chi connectivity index (χ1) is 12.4. The molecule has 1 unspecified atom stereocenters. The summed E-state index contributed by atoms with van der Waals surface area (Å²) in [5.74, 6) is 4.86. The molecule has 1 aromatic rings. The number of hydrogen-bond acceptors (Lipinski definition) is 3. The van der Waals surface area contributed by atoms with Crippen molar-refractivity contribution in [2.75, 3.05) is 27.3 Å². The van der Waals surface area contributed by atoms with Crippen LogP contribution in [-0.4, -0.2) is 32.2 Å². The average molecular weight is 360 g/mol. The Morgan fingerprint density at radius 1 is 1.00 bits per heavy atom. The molecule has 0 saturated carbocycles. The zero-order valence-electron chi connectivity index (χ0n) is 17.5. The van der Waals surface area contributed by atoms with Gasteiger partial charge in [-0.2, -0.15) is 0 Å². The minimum atomic E-state index is 0.546. The molecule has 2 heterocycles. The quantitative estimate of drug-likeness (QED) is 0.685. The van der Waals surface area contributed by atoms with Gasteiger partial charge in [0.2, 0.25) is 0 Å². The average Bonchev–Trinajstić information content (AvgIpc) is 2.58. The van der Waals surface area contributed by atoms with Crippen LogP contribution in [-0.2, 0) is 6.42 Å². The fourth-order valence-corrected chi connectivity index (χ4v) is 5.42. The summed E-state index contributed by atoms with van der Waals surface area (Å²) in [7, 11) is 3.48. The second kappa shape index (κ2) is 8.21. The van der Waals surface area contributed by atoms with Gasteiger partial charge in [-0.3, -0.25) is 4.90 Å². The topological polar surface area (TPSA) is 21.7 Å². The van der Waals surface area contributed by atoms with E-state index in [1.54, 1.807) is 14.2 Å². The Morgan fingerprint density at radius 2 is 1.65 bits per heavy atom. The molecule has 1 aromatic carbocycles. The predicted molar refractivity (Wildman–Crippen MR) is 108 cm³/mol. The van der Waals surface area contributed by atoms with E-state index in [-0.39, 0.29) is 0 Å². The maximum atomic E-state index is 5.63. The molecule has 3 nitrogen and oxygen atoms in total. The minimum Gasteiger partial charge on any atom is -0.493 e. The van der Waals surface area contributed by atoms with Crippen molar-refractivity contribution in [2.45, 2.75) is 59.4 Å². The van der Waals surface area contributed by atoms with Crippen molar-refractivity contribution in [3.8, 4) is 11.5 Å². The molecule has 0 bridgehead atoms. The van der Waals surface area contributed by atoms with Gasteiger partial charge in [0.05, 0.1) is 14.2 Å². The van der Waals surface area contributed by atoms with E-state index < -0.39 is 0 Å². The molecule has 0 amide bonds. The van der Waals surface area contributed by atoms with Crippen molar-refractivity contribution < 1.29 is 9.47 Å². The molecule has 3 atom stereocenters. The fraction of sp³-hybridized carbons (Fsp3) is 0.739. The van der Waals surface area contributed by atoms with Crippen LogP contribution in [0.1, 0.15) is 64.1 Å². The van der Waals surface area contributed by atoms with E-state index in [4.69, 9.17) is 9.47 Å². The highest BCUT2D eigenvalue weighted by Gasteiger charge is 2.40. The third-order valence-corrected chi connectivity index (χ3v) is 6.18. The van der Waals surface area contributed by atoms with E-state index in [9.17, 15) is 0 Å². The third-order valence-electron chi connectivity index (χ3n) is 6.18. The lowest BCUT2D eigenvalue weighted by Gasteiger charge is -2.49. The van der Waals surface area contributed by atoms with Crippen LogP contribution in [0.5, 0.6) is 11.5 Å². The Bertz CT molecular complexity index is 610. The summed E-state index contributed by atoms with van der Waals surface area (Å²) in [5.41, 5.74) is 2.95. The van der Waals surface area contributed by atoms with Crippen molar-refractivity contribution in [3.05, 3.63) is 23.3 Å². The molecule has 0 aliphatic carbocycles. The van der Waals surface area contributed by atoms with Gasteiger partial charge in [0.15, 0.2) is 11.5 Å². The lowest BCUT2D eigenvalue weighted by Crippen LogP contribution is -2.47. The maximum Gasteiger partial charge on any atom is 0.161 e. The first-order valence-corrected chi connectivity index (χ1v) is 10.4. The summed E-state index contributed by atoms with van der Waals surface area (Å²) in [6.45, 7) is 11.9. The molecule has 146 valence electrons. The second-order valence-electron chi connectivity index (χ2n) is 9.22. The minimum absolute atomic E-state index is 0.546. The first-order valence-electron chi connectivity index (χ1n) is 10.4. The molecule has 26 heavy (non-hydrogen) atoms. The van der Waals surface area contributed by atoms with Crippen molar-refractivity contribution >= 4 is 0 Å². The largest absolute Gasteiger partial charge is 0.493 e. The standard InChI is InChI=1S/C23H37NO2/c1-15(2)9-17-11-19(10-16(3)4)23-20-13-22(26-6)21(25-5)12-18(20)7-8-24(23)14-17/h12-13,15-17,19,23H,7-11,14H2,1-6H3/t17-,19?,23-/m1/s1. The SMILES string of the molecule is COc1cc2c(cc1OC)[C@H]1C(CC(C)C)C[C@@H](CC(C)C)CN1CC2. The van der Waals surface area contributed by atoms with Crippen LogP contribution in [0.4, 0.5) is 0 Å². The number of rotatable bonds is 6. The van der Waals surface area contributed by atoms with Crippen LogP contribution in [0.2, 0.25) is 0 Å². The molecular weight excluding hydrogens is 322 g/mol. The molecule has 2 aliphatic rings. The molecule has 3 rings (SSSR count). The Hall–Kier alpha value is -1.22. The third kappa shape index (κ3) is 4.03. The molecule has 1 saturated heterocycles. The van der Waals surface area contributed by atoms with Crippen molar-refractivity contribution in [1.82, 2.24) is 4.90 Å². The number of piperidine rings is 1. The highest BCUT2D eigenvalue weighted by atomic mass is 16.5. The summed E-state index contributed by atoms with van der Waals surface area (Å²) < 4.78 is 11.2. The molecule has 2 aliphatic heterocycles. The van der Waals surface area contributed by atoms with Gasteiger partial charge in [-0.15, -0.1) is 0 Å². The summed E-state index contributed by atoms with van der Waals surface area (Å²) in [5, 5.41) is 0. The number of benzene rings is 1. The number of fused-ring (bicyclic) bond motifs is 3. The lowest BCUT2D eigenvalue weighted by molar-refractivity contribution is 0.0302. The summed E-state index contributed by atoms with van der Waals surface area (Å²) >= 11 is 0. The Kier molecular flexibility index (Phi) is 6.17. The molecule has 0 aromatic heterocycles. The fourth-order valence-electron chi connectivity index (χ4n) is 5.42. The molecule has 0 radical (unpaired) electrons. The van der Waals surface area contributed by atoms with Crippen molar-refractivity contribution in [1.29, 1.82) is 0 Å². The van der Waals surface area contributed by atoms with Crippen LogP contribution in [0, 0.1) is 23.7 Å². The summed E-state index contributed by atoms with van der Waals surface area (Å²) in [6.07, 6.45) is 5.15. The highest BCUT2D eigenvalue weighted by Crippen LogP contribution is 2.48. The zero-order chi connectivity index (χ0) is 18.8. The van der Waals surface area contributed by atoms with Gasteiger partial charge in [-0.05, 0) is 72.6 Å². The van der Waals surface area contributed by atoms with Gasteiger partial charge < -0.3 is 9.47 Å². The van der Waals surface area contributed by atoms with Gasteiger partial charge in [-0.25, -0.2) is 0 Å². The zero-order valence-corrected chi connectivity index (χ0v) is 17.5. The molecule has 0 N–H and O–H groups in total. The van der Waals surface area contributed by atoms with Crippen molar-refractivity contribution in [3.63, 3.8) is 0 Å². The van der Waals surface area contributed by atoms with E-state index in [1.807, 2.05) is 0 Å². The van der Waals surface area contributed by atoms with Gasteiger partial charge in [-0.1, -0.05) is 27.7 Å². The van der Waals surface area contributed by atoms with Gasteiger partial charge in [0.1, 0.15) is 0 Å². The van der Waals surface area contributed by atoms with Crippen LogP contribution >= 0.6 is 0 Å². The molecule has 3 heteroatoms. The van der Waals surface area contributed by atoms with Crippen molar-refractivity contribution in [2.24, 2.45) is 23.7 Å². The Labute approximate surface area is 160 Å². The molecular formula is C23H37NO2. The van der Waals surface area contributed by atoms with Crippen LogP contribution in [0.3, 0.4) is 0 Å². The van der Waals surface area contributed by atoms with Crippen LogP contribution in [0.25, 0.3) is 0 Å². The summed E-state index contributed by atoms with van der Waals surface area (Å²) in [6, 6.07) is 5.03. The summed E-state index contributed by atoms with van der Waals surface area (Å²) in [4.78, 5) is 2.78. The molecule has 0 spiro atoms. The monoisotopic (exact) mass is 359 g/mol. The Morgan fingerprint density at radius 3 is 2.27 bits per heavy atom. The van der Waals surface area contributed by atoms with E-state index in [2.05, 4.69) is 44.7 Å². The highest BCUT2D eigenvalue weighted by molar-refractivity contribution is 5.49. The molecule has 1 fully saturated rings. The van der Waals surface area contributed by atoms with Gasteiger partial charge in [0, 0.05) is 19.1 Å². The van der Waals surface area contributed by atoms with E-state index in [0.717, 1.165) is 41.6 Å². The predicted octanol–water partition coefficient (Wildman–Crippen LogP) is 5.33. The van der Waals surface area contributed by atoms with Gasteiger partial charge in [0.25, 0.3) is 0 Å². The smallest absolute Gasteiger partial charge is 0.161 e. The number of methoxy groups -OCH3 is 2. The first kappa shape index (κ1) is 19.5. The number of hydrogen-bond donors (Lipinski definition) is 0. The second-order valence-corrected chi connectivity index (χ2v) is 9.22. The number of nitrogens with zero attached hydrogens (tertiary/aromatic N) is 1. The normalized spacial score (nSPS) is 25.9. The lowest BCUT2D eigenvalue weighted by atomic mass is 9.72. The van der Waals surface area contributed by atoms with Gasteiger partial charge >= 0.3 is 0 Å². The van der Waals surface area contributed by atoms with E-state index >= 15 is 0 Å². The van der Waals surface area contributed by atoms with E-state index in [0.29, 0.717) is 6.04 Å². The maximum absolute atomic E-state index is 5.63. The Balaban J connectivity index is 1.95. The van der Waals surface area contributed by atoms with Crippen LogP contribution in [0.15, 0.2) is 12.1 Å². The van der Waals surface area contributed by atoms with Crippen LogP contribution < -0.4 is 9.47 Å². The van der Waals surface area contributed by atoms with E-state index in [1.165, 1.54) is 43.5 Å². The number of ether oxygens (including phenoxy) is 2.